The number of carbonyl (C=O) groups is 1. The molecule has 6 nitrogen and oxygen atoms in total. The van der Waals surface area contributed by atoms with Gasteiger partial charge in [-0.15, -0.1) is 0 Å². The van der Waals surface area contributed by atoms with Crippen LogP contribution in [-0.4, -0.2) is 47.7 Å². The molecule has 0 radical (unpaired) electrons. The van der Waals surface area contributed by atoms with E-state index in [2.05, 4.69) is 15.7 Å². The summed E-state index contributed by atoms with van der Waals surface area (Å²) >= 11 is 0. The number of carbonyl (C=O) groups excluding carboxylic acids is 1. The van der Waals surface area contributed by atoms with Crippen LogP contribution in [0.4, 0.5) is 18.9 Å². The maximum Gasteiger partial charge on any atom is 0.417 e. The highest BCUT2D eigenvalue weighted by Crippen LogP contribution is 2.34. The highest BCUT2D eigenvalue weighted by molar-refractivity contribution is 5.81. The number of nitrogens with one attached hydrogen (secondary N) is 2. The van der Waals surface area contributed by atoms with Gasteiger partial charge in [0.15, 0.2) is 0 Å². The Hall–Kier alpha value is -1.87. The van der Waals surface area contributed by atoms with E-state index in [1.807, 2.05) is 0 Å². The molecule has 3 heterocycles. The number of rotatable bonds is 3. The number of fused-ring (bicyclic) bond motifs is 1. The summed E-state index contributed by atoms with van der Waals surface area (Å²) in [7, 11) is 0. The van der Waals surface area contributed by atoms with Crippen molar-refractivity contribution in [2.24, 2.45) is 5.92 Å². The Bertz CT molecular complexity index is 722. The van der Waals surface area contributed by atoms with Gasteiger partial charge in [-0.1, -0.05) is 0 Å². The van der Waals surface area contributed by atoms with Gasteiger partial charge in [0, 0.05) is 50.4 Å². The molecule has 1 saturated carbocycles. The van der Waals surface area contributed by atoms with Gasteiger partial charge >= 0.3 is 6.18 Å². The van der Waals surface area contributed by atoms with Crippen molar-refractivity contribution in [2.75, 3.05) is 25.2 Å². The van der Waals surface area contributed by atoms with E-state index < -0.39 is 11.7 Å². The van der Waals surface area contributed by atoms with Crippen molar-refractivity contribution >= 4 is 11.6 Å². The molecule has 1 aromatic heterocycles. The molecule has 1 aromatic rings. The van der Waals surface area contributed by atoms with Gasteiger partial charge in [0.05, 0.1) is 16.9 Å². The molecule has 2 aliphatic heterocycles. The van der Waals surface area contributed by atoms with Crippen LogP contribution in [0.2, 0.25) is 0 Å². The molecular weight excluding hydrogens is 373 g/mol. The van der Waals surface area contributed by atoms with E-state index in [4.69, 9.17) is 4.74 Å². The number of alkyl halides is 3. The van der Waals surface area contributed by atoms with Crippen molar-refractivity contribution < 1.29 is 22.7 Å². The van der Waals surface area contributed by atoms with Crippen molar-refractivity contribution in [3.05, 3.63) is 23.5 Å². The first kappa shape index (κ1) is 19.4. The Morgan fingerprint density at radius 2 is 2.00 bits per heavy atom. The van der Waals surface area contributed by atoms with Gasteiger partial charge in [-0.05, 0) is 38.2 Å². The SMILES string of the molecule is O=C([C@H]1CCC(NC2CCOCC2)C1)N1CCc2ncc(C(F)(F)F)cc2N1. The number of nitrogens with zero attached hydrogens (tertiary/aromatic N) is 2. The third-order valence-electron chi connectivity index (χ3n) is 5.87. The van der Waals surface area contributed by atoms with Crippen LogP contribution in [0.3, 0.4) is 0 Å². The van der Waals surface area contributed by atoms with Crippen LogP contribution in [0, 0.1) is 5.92 Å². The monoisotopic (exact) mass is 398 g/mol. The quantitative estimate of drug-likeness (QED) is 0.820. The van der Waals surface area contributed by atoms with Crippen molar-refractivity contribution in [3.63, 3.8) is 0 Å². The first-order chi connectivity index (χ1) is 13.4. The van der Waals surface area contributed by atoms with Crippen molar-refractivity contribution in [3.8, 4) is 0 Å². The van der Waals surface area contributed by atoms with E-state index in [0.717, 1.165) is 57.6 Å². The van der Waals surface area contributed by atoms with Crippen LogP contribution in [0.15, 0.2) is 12.3 Å². The van der Waals surface area contributed by atoms with Crippen molar-refractivity contribution in [2.45, 2.75) is 56.8 Å². The van der Waals surface area contributed by atoms with Crippen molar-refractivity contribution in [1.82, 2.24) is 15.3 Å². The third kappa shape index (κ3) is 4.25. The maximum absolute atomic E-state index is 12.9. The van der Waals surface area contributed by atoms with E-state index in [1.54, 1.807) is 0 Å². The van der Waals surface area contributed by atoms with Crippen LogP contribution in [0.5, 0.6) is 0 Å². The van der Waals surface area contributed by atoms with E-state index in [9.17, 15) is 18.0 Å². The van der Waals surface area contributed by atoms with Gasteiger partial charge in [0.1, 0.15) is 0 Å². The van der Waals surface area contributed by atoms with Gasteiger partial charge in [-0.2, -0.15) is 13.2 Å². The molecule has 1 saturated heterocycles. The Kier molecular flexibility index (Phi) is 5.46. The number of aromatic nitrogens is 1. The Balaban J connectivity index is 1.36. The molecule has 1 amide bonds. The van der Waals surface area contributed by atoms with Gasteiger partial charge in [0.25, 0.3) is 0 Å². The van der Waals surface area contributed by atoms with Crippen LogP contribution in [0.25, 0.3) is 0 Å². The number of anilines is 1. The summed E-state index contributed by atoms with van der Waals surface area (Å²) in [5.41, 5.74) is 2.88. The first-order valence-corrected chi connectivity index (χ1v) is 9.88. The molecule has 0 aromatic carbocycles. The van der Waals surface area contributed by atoms with Crippen LogP contribution >= 0.6 is 0 Å². The summed E-state index contributed by atoms with van der Waals surface area (Å²) in [6, 6.07) is 1.79. The predicted octanol–water partition coefficient (Wildman–Crippen LogP) is 2.75. The molecule has 4 rings (SSSR count). The minimum Gasteiger partial charge on any atom is -0.381 e. The largest absolute Gasteiger partial charge is 0.417 e. The van der Waals surface area contributed by atoms with Gasteiger partial charge < -0.3 is 10.1 Å². The number of halogens is 3. The zero-order valence-corrected chi connectivity index (χ0v) is 15.6. The zero-order valence-electron chi connectivity index (χ0n) is 15.6. The molecule has 3 aliphatic rings. The topological polar surface area (TPSA) is 66.5 Å². The van der Waals surface area contributed by atoms with E-state index in [1.165, 1.54) is 5.01 Å². The maximum atomic E-state index is 12.9. The van der Waals surface area contributed by atoms with E-state index >= 15 is 0 Å². The number of ether oxygens (including phenoxy) is 1. The molecule has 0 bridgehead atoms. The second-order valence-corrected chi connectivity index (χ2v) is 7.83. The molecular formula is C19H25F3N4O2. The summed E-state index contributed by atoms with van der Waals surface area (Å²) in [4.78, 5) is 16.8. The highest BCUT2D eigenvalue weighted by atomic mass is 19.4. The van der Waals surface area contributed by atoms with E-state index in [-0.39, 0.29) is 17.5 Å². The fourth-order valence-electron chi connectivity index (χ4n) is 4.30. The standard InChI is InChI=1S/C19H25F3N4O2/c20-19(21,22)13-10-17-16(23-11-13)3-6-26(25-17)18(27)12-1-2-15(9-12)24-14-4-7-28-8-5-14/h10-12,14-15,24-25H,1-9H2/t12-,15?/m0/s1. The number of amides is 1. The van der Waals surface area contributed by atoms with E-state index in [0.29, 0.717) is 30.7 Å². The van der Waals surface area contributed by atoms with Gasteiger partial charge in [-0.25, -0.2) is 0 Å². The van der Waals surface area contributed by atoms with Crippen LogP contribution < -0.4 is 10.7 Å². The second-order valence-electron chi connectivity index (χ2n) is 7.83. The summed E-state index contributed by atoms with van der Waals surface area (Å²) in [6.07, 6.45) is 1.34. The second kappa shape index (κ2) is 7.87. The lowest BCUT2D eigenvalue weighted by molar-refractivity contribution is -0.137. The molecule has 1 unspecified atom stereocenters. The molecule has 0 spiro atoms. The molecule has 9 heteroatoms. The van der Waals surface area contributed by atoms with Gasteiger partial charge in [-0.3, -0.25) is 20.2 Å². The molecule has 28 heavy (non-hydrogen) atoms. The smallest absolute Gasteiger partial charge is 0.381 e. The fourth-order valence-corrected chi connectivity index (χ4v) is 4.30. The molecule has 154 valence electrons. The molecule has 2 fully saturated rings. The fraction of sp³-hybridized carbons (Fsp3) is 0.684. The summed E-state index contributed by atoms with van der Waals surface area (Å²) in [6.45, 7) is 1.97. The summed E-state index contributed by atoms with van der Waals surface area (Å²) < 4.78 is 44.2. The van der Waals surface area contributed by atoms with Crippen LogP contribution in [-0.2, 0) is 22.1 Å². The lowest BCUT2D eigenvalue weighted by Crippen LogP contribution is -2.45. The number of hydrazine groups is 1. The van der Waals surface area contributed by atoms with Crippen molar-refractivity contribution in [1.29, 1.82) is 0 Å². The lowest BCUT2D eigenvalue weighted by atomic mass is 10.0. The minimum absolute atomic E-state index is 0.0423. The Morgan fingerprint density at radius 1 is 1.21 bits per heavy atom. The summed E-state index contributed by atoms with van der Waals surface area (Å²) in [5.74, 6) is -0.149. The average Bonchev–Trinajstić information content (AvgIpc) is 3.15. The zero-order chi connectivity index (χ0) is 19.7. The minimum atomic E-state index is -4.45. The summed E-state index contributed by atoms with van der Waals surface area (Å²) in [5, 5.41) is 5.10. The van der Waals surface area contributed by atoms with Crippen LogP contribution in [0.1, 0.15) is 43.4 Å². The molecule has 2 N–H and O–H groups in total. The van der Waals surface area contributed by atoms with Gasteiger partial charge in [0.2, 0.25) is 5.91 Å². The highest BCUT2D eigenvalue weighted by Gasteiger charge is 2.36. The number of hydrogen-bond acceptors (Lipinski definition) is 5. The average molecular weight is 398 g/mol. The number of hydrogen-bond donors (Lipinski definition) is 2. The first-order valence-electron chi connectivity index (χ1n) is 9.88. The third-order valence-corrected chi connectivity index (χ3v) is 5.87. The number of pyridine rings is 1. The normalized spacial score (nSPS) is 26.0. The lowest BCUT2D eigenvalue weighted by Gasteiger charge is -2.32. The Labute approximate surface area is 161 Å². The molecule has 2 atom stereocenters. The molecule has 1 aliphatic carbocycles. The Morgan fingerprint density at radius 3 is 2.75 bits per heavy atom. The predicted molar refractivity (Wildman–Crippen MR) is 96.4 cm³/mol.